The molecular weight excluding hydrogens is 225 g/mol. The number of carbonyl (C=O) groups excluding carboxylic acids is 1. The summed E-state index contributed by atoms with van der Waals surface area (Å²) in [7, 11) is 0. The van der Waals surface area contributed by atoms with Gasteiger partial charge in [0.15, 0.2) is 0 Å². The third-order valence-corrected chi connectivity index (χ3v) is 2.76. The van der Waals surface area contributed by atoms with E-state index in [2.05, 4.69) is 4.98 Å². The van der Waals surface area contributed by atoms with Crippen LogP contribution in [0.25, 0.3) is 21.8 Å². The first kappa shape index (κ1) is 12.2. The van der Waals surface area contributed by atoms with Gasteiger partial charge in [-0.05, 0) is 6.07 Å². The van der Waals surface area contributed by atoms with Crippen LogP contribution in [0.15, 0.2) is 42.5 Å². The molecule has 3 rings (SSSR count). The van der Waals surface area contributed by atoms with Crippen molar-refractivity contribution in [3.63, 3.8) is 0 Å². The van der Waals surface area contributed by atoms with Crippen LogP contribution in [-0.2, 0) is 0 Å². The van der Waals surface area contributed by atoms with Gasteiger partial charge in [0, 0.05) is 21.9 Å². The van der Waals surface area contributed by atoms with Gasteiger partial charge in [-0.1, -0.05) is 36.4 Å². The van der Waals surface area contributed by atoms with E-state index >= 15 is 0 Å². The number of hydrogen-bond acceptors (Lipinski definition) is 2. The van der Waals surface area contributed by atoms with E-state index in [0.717, 1.165) is 16.3 Å². The van der Waals surface area contributed by atoms with E-state index in [4.69, 9.17) is 0 Å². The molecule has 0 saturated heterocycles. The van der Waals surface area contributed by atoms with Gasteiger partial charge in [0.2, 0.25) is 0 Å². The second-order valence-corrected chi connectivity index (χ2v) is 3.69. The summed E-state index contributed by atoms with van der Waals surface area (Å²) >= 11 is 0. The summed E-state index contributed by atoms with van der Waals surface area (Å²) in [6.07, 6.45) is 0. The van der Waals surface area contributed by atoms with Gasteiger partial charge in [-0.25, -0.2) is 0 Å². The van der Waals surface area contributed by atoms with Crippen LogP contribution >= 0.6 is 0 Å². The van der Waals surface area contributed by atoms with Gasteiger partial charge < -0.3 is 14.9 Å². The fraction of sp³-hybridized carbons (Fsp3) is 0. The van der Waals surface area contributed by atoms with Crippen molar-refractivity contribution in [2.45, 2.75) is 0 Å². The number of aromatic carboxylic acids is 1. The van der Waals surface area contributed by atoms with Gasteiger partial charge in [-0.2, -0.15) is 0 Å². The first-order valence-electron chi connectivity index (χ1n) is 4.98. The number of aromatic amines is 1. The van der Waals surface area contributed by atoms with Crippen LogP contribution in [0.4, 0.5) is 0 Å². The van der Waals surface area contributed by atoms with Crippen LogP contribution in [-0.4, -0.2) is 11.0 Å². The van der Waals surface area contributed by atoms with Gasteiger partial charge in [-0.3, -0.25) is 0 Å². The Morgan fingerprint density at radius 3 is 2.47 bits per heavy atom. The van der Waals surface area contributed by atoms with E-state index < -0.39 is 5.97 Å². The summed E-state index contributed by atoms with van der Waals surface area (Å²) in [4.78, 5) is 14.1. The molecule has 3 aromatic rings. The van der Waals surface area contributed by atoms with Crippen molar-refractivity contribution in [1.82, 2.24) is 4.98 Å². The second kappa shape index (κ2) is 4.53. The number of carboxylic acid groups (broad SMARTS) is 1. The number of fused-ring (bicyclic) bond motifs is 3. The number of H-pyrrole nitrogens is 1. The second-order valence-electron chi connectivity index (χ2n) is 3.69. The normalized spacial score (nSPS) is 10.4. The van der Waals surface area contributed by atoms with Crippen LogP contribution in [0.3, 0.4) is 0 Å². The van der Waals surface area contributed by atoms with Gasteiger partial charge in [0.1, 0.15) is 0 Å². The maximum atomic E-state index is 11.0. The van der Waals surface area contributed by atoms with E-state index in [0.29, 0.717) is 5.52 Å². The van der Waals surface area contributed by atoms with Crippen LogP contribution < -0.4 is 34.7 Å². The van der Waals surface area contributed by atoms with Crippen molar-refractivity contribution in [3.8, 4) is 0 Å². The Morgan fingerprint density at radius 1 is 1.00 bits per heavy atom. The number of benzene rings is 2. The molecule has 1 aromatic heterocycles. The monoisotopic (exact) mass is 233 g/mol. The number of carbonyl (C=O) groups is 1. The summed E-state index contributed by atoms with van der Waals surface area (Å²) in [5, 5.41) is 12.9. The summed E-state index contributed by atoms with van der Waals surface area (Å²) in [6, 6.07) is 12.9. The molecular formula is C13H8NNaO2. The minimum Gasteiger partial charge on any atom is -0.545 e. The Morgan fingerprint density at radius 2 is 1.71 bits per heavy atom. The topological polar surface area (TPSA) is 55.9 Å². The molecule has 0 atom stereocenters. The maximum absolute atomic E-state index is 11.0. The zero-order valence-corrected chi connectivity index (χ0v) is 11.4. The van der Waals surface area contributed by atoms with E-state index in [9.17, 15) is 9.90 Å². The van der Waals surface area contributed by atoms with Crippen molar-refractivity contribution in [2.75, 3.05) is 0 Å². The Kier molecular flexibility index (Phi) is 3.24. The zero-order valence-electron chi connectivity index (χ0n) is 9.36. The minimum atomic E-state index is -1.16. The smallest absolute Gasteiger partial charge is 0.545 e. The molecule has 0 aliphatic heterocycles. The van der Waals surface area contributed by atoms with Gasteiger partial charge >= 0.3 is 29.6 Å². The first-order valence-corrected chi connectivity index (χ1v) is 4.98. The molecule has 0 bridgehead atoms. The van der Waals surface area contributed by atoms with Crippen LogP contribution in [0.5, 0.6) is 0 Å². The van der Waals surface area contributed by atoms with E-state index in [1.807, 2.05) is 30.3 Å². The number of carboxylic acids is 1. The average molecular weight is 233 g/mol. The fourth-order valence-electron chi connectivity index (χ4n) is 2.04. The Balaban J connectivity index is 0.00000108. The molecule has 0 spiro atoms. The molecule has 4 heteroatoms. The quantitative estimate of drug-likeness (QED) is 0.530. The Hall–Kier alpha value is -1.29. The zero-order chi connectivity index (χ0) is 11.1. The van der Waals surface area contributed by atoms with Crippen LogP contribution in [0.2, 0.25) is 0 Å². The number of para-hydroxylation sites is 2. The predicted octanol–water partition coefficient (Wildman–Crippen LogP) is -1.31. The molecule has 1 N–H and O–H groups in total. The molecule has 1 heterocycles. The number of aromatic nitrogens is 1. The SMILES string of the molecule is O=C([O-])c1cccc2c1[nH]c1ccccc12.[Na+]. The number of hydrogen-bond donors (Lipinski definition) is 1. The Bertz CT molecular complexity index is 703. The molecule has 78 valence electrons. The molecule has 0 unspecified atom stereocenters. The average Bonchev–Trinajstić information content (AvgIpc) is 2.67. The predicted molar refractivity (Wildman–Crippen MR) is 60.1 cm³/mol. The summed E-state index contributed by atoms with van der Waals surface area (Å²) in [6.45, 7) is 0. The molecule has 0 radical (unpaired) electrons. The molecule has 17 heavy (non-hydrogen) atoms. The third-order valence-electron chi connectivity index (χ3n) is 2.76. The maximum Gasteiger partial charge on any atom is 1.00 e. The van der Waals surface area contributed by atoms with Gasteiger partial charge in [0.25, 0.3) is 0 Å². The minimum absolute atomic E-state index is 0. The summed E-state index contributed by atoms with van der Waals surface area (Å²) in [5.74, 6) is -1.16. The van der Waals surface area contributed by atoms with E-state index in [-0.39, 0.29) is 35.1 Å². The number of nitrogens with one attached hydrogen (secondary N) is 1. The van der Waals surface area contributed by atoms with Crippen molar-refractivity contribution in [2.24, 2.45) is 0 Å². The standard InChI is InChI=1S/C13H9NO2.Na/c15-13(16)10-6-3-5-9-8-4-1-2-7-11(8)14-12(9)10;/h1-7,14H,(H,15,16);/q;+1/p-1. The largest absolute Gasteiger partial charge is 1.00 e. The van der Waals surface area contributed by atoms with Crippen molar-refractivity contribution in [3.05, 3.63) is 48.0 Å². The van der Waals surface area contributed by atoms with Crippen molar-refractivity contribution >= 4 is 27.8 Å². The van der Waals surface area contributed by atoms with E-state index in [1.165, 1.54) is 0 Å². The number of rotatable bonds is 1. The van der Waals surface area contributed by atoms with Gasteiger partial charge in [0.05, 0.1) is 11.5 Å². The van der Waals surface area contributed by atoms with Crippen LogP contribution in [0.1, 0.15) is 10.4 Å². The van der Waals surface area contributed by atoms with Gasteiger partial charge in [-0.15, -0.1) is 0 Å². The first-order chi connectivity index (χ1) is 7.77. The fourth-order valence-corrected chi connectivity index (χ4v) is 2.04. The molecule has 0 fully saturated rings. The van der Waals surface area contributed by atoms with Crippen molar-refractivity contribution < 1.29 is 39.5 Å². The molecule has 0 amide bonds. The molecule has 0 aliphatic rings. The molecule has 2 aromatic carbocycles. The van der Waals surface area contributed by atoms with Crippen LogP contribution in [0, 0.1) is 0 Å². The summed E-state index contributed by atoms with van der Waals surface area (Å²) in [5.41, 5.74) is 1.77. The third kappa shape index (κ3) is 1.86. The molecule has 0 aliphatic carbocycles. The molecule has 3 nitrogen and oxygen atoms in total. The van der Waals surface area contributed by atoms with Crippen molar-refractivity contribution in [1.29, 1.82) is 0 Å². The summed E-state index contributed by atoms with van der Waals surface area (Å²) < 4.78 is 0. The molecule has 0 saturated carbocycles. The van der Waals surface area contributed by atoms with E-state index in [1.54, 1.807) is 12.1 Å². The Labute approximate surface area is 120 Å².